The molecule has 0 fully saturated rings. The predicted molar refractivity (Wildman–Crippen MR) is 483 cm³/mol. The van der Waals surface area contributed by atoms with Crippen molar-refractivity contribution in [3.8, 4) is 55.6 Å². The van der Waals surface area contributed by atoms with Crippen LogP contribution in [0.15, 0.2) is 170 Å². The quantitative estimate of drug-likeness (QED) is 0.0275. The molecule has 3 aliphatic rings. The van der Waals surface area contributed by atoms with E-state index >= 15 is 0 Å². The molecule has 0 bridgehead atoms. The Bertz CT molecular complexity index is 3760. The van der Waals surface area contributed by atoms with Gasteiger partial charge in [0.2, 0.25) is 0 Å². The highest BCUT2D eigenvalue weighted by atomic mass is 32.2. The average molecular weight is 1500 g/mol. The van der Waals surface area contributed by atoms with Crippen LogP contribution in [0, 0.1) is 0 Å². The van der Waals surface area contributed by atoms with E-state index in [1.807, 2.05) is 23.5 Å². The molecule has 0 amide bonds. The van der Waals surface area contributed by atoms with E-state index in [1.165, 1.54) is 336 Å². The van der Waals surface area contributed by atoms with E-state index in [-0.39, 0.29) is 16.2 Å². The van der Waals surface area contributed by atoms with Crippen molar-refractivity contribution < 1.29 is 0 Å². The Labute approximate surface area is 671 Å². The van der Waals surface area contributed by atoms with E-state index in [1.54, 1.807) is 33.4 Å². The molecule has 0 spiro atoms. The summed E-state index contributed by atoms with van der Waals surface area (Å²) < 4.78 is 1.97. The largest absolute Gasteiger partial charge is 0.109 e. The minimum Gasteiger partial charge on any atom is -0.109 e. The fraction of sp³-hybridized carbons (Fsp3) is 0.515. The van der Waals surface area contributed by atoms with Gasteiger partial charge in [-0.25, -0.2) is 0 Å². The lowest BCUT2D eigenvalue weighted by molar-refractivity contribution is 0.397. The predicted octanol–water partition coefficient (Wildman–Crippen LogP) is 33.5. The number of hydrogen-bond donors (Lipinski definition) is 0. The van der Waals surface area contributed by atoms with Crippen LogP contribution in [0.1, 0.15) is 367 Å². The number of thiocarbonyl (C=S) groups is 2. The van der Waals surface area contributed by atoms with Crippen molar-refractivity contribution in [2.75, 3.05) is 0 Å². The lowest BCUT2D eigenvalue weighted by Gasteiger charge is -2.34. The van der Waals surface area contributed by atoms with E-state index in [4.69, 9.17) is 24.4 Å². The summed E-state index contributed by atoms with van der Waals surface area (Å²) in [6, 6.07) is 68.2. The third-order valence-electron chi connectivity index (χ3n) is 25.4. The zero-order valence-corrected chi connectivity index (χ0v) is 70.7. The summed E-state index contributed by atoms with van der Waals surface area (Å²) in [5.74, 6) is 1.78. The van der Waals surface area contributed by atoms with Crippen LogP contribution in [0.2, 0.25) is 0 Å². The zero-order chi connectivity index (χ0) is 74.5. The van der Waals surface area contributed by atoms with Gasteiger partial charge >= 0.3 is 0 Å². The van der Waals surface area contributed by atoms with Gasteiger partial charge in [0, 0.05) is 27.8 Å². The number of thioether (sulfide) groups is 2. The molecule has 0 nitrogen and oxygen atoms in total. The zero-order valence-electron chi connectivity index (χ0n) is 67.4. The summed E-state index contributed by atoms with van der Waals surface area (Å²) in [5.41, 5.74) is 29.0. The molecule has 0 saturated carbocycles. The lowest BCUT2D eigenvalue weighted by Crippen LogP contribution is -2.26. The van der Waals surface area contributed by atoms with Crippen LogP contribution < -0.4 is 0 Å². The SMILES string of the molecule is CCCCCCCCC1(CCCCCCCC)c2cc(CSC(=S)c3ccccc3)ccc2-c2ccc(-c3ccc4c(c3)C(CCCCCCCC)(CCCCCCCC)c3cc(-c5ccc6c(c5)C(CCCCCCCC)(CCCCCCCC)c5cc(CSC(=S)c7ccccc7)ccc5-6)ccc3-4)cc21. The molecule has 570 valence electrons. The second-order valence-electron chi connectivity index (χ2n) is 33.0. The molecule has 0 aromatic heterocycles. The Balaban J connectivity index is 1.01. The van der Waals surface area contributed by atoms with Gasteiger partial charge in [-0.3, -0.25) is 0 Å². The van der Waals surface area contributed by atoms with Crippen molar-refractivity contribution in [2.24, 2.45) is 0 Å². The Morgan fingerprint density at radius 3 is 0.673 bits per heavy atom. The van der Waals surface area contributed by atoms with Gasteiger partial charge in [-0.1, -0.05) is 443 Å². The van der Waals surface area contributed by atoms with Crippen molar-refractivity contribution in [3.63, 3.8) is 0 Å². The first-order chi connectivity index (χ1) is 52.6. The Kier molecular flexibility index (Phi) is 33.1. The molecule has 0 saturated heterocycles. The summed E-state index contributed by atoms with van der Waals surface area (Å²) in [7, 11) is 0. The smallest absolute Gasteiger partial charge is 0.0781 e. The maximum Gasteiger partial charge on any atom is 0.0781 e. The monoisotopic (exact) mass is 1500 g/mol. The Hall–Kier alpha value is -5.36. The highest BCUT2D eigenvalue weighted by molar-refractivity contribution is 8.23. The summed E-state index contributed by atoms with van der Waals surface area (Å²) in [6.07, 6.45) is 54.5. The van der Waals surface area contributed by atoms with Crippen LogP contribution in [0.4, 0.5) is 0 Å². The first-order valence-electron chi connectivity index (χ1n) is 44.0. The van der Waals surface area contributed by atoms with Gasteiger partial charge in [0.1, 0.15) is 0 Å². The van der Waals surface area contributed by atoms with E-state index in [2.05, 4.69) is 211 Å². The average Bonchev–Trinajstić information content (AvgIpc) is 1.57. The van der Waals surface area contributed by atoms with Gasteiger partial charge in [0.25, 0.3) is 0 Å². The van der Waals surface area contributed by atoms with E-state index < -0.39 is 0 Å². The van der Waals surface area contributed by atoms with Gasteiger partial charge in [-0.05, 0) is 174 Å². The molecule has 0 aliphatic heterocycles. The third-order valence-corrected chi connectivity index (χ3v) is 28.5. The van der Waals surface area contributed by atoms with E-state index in [9.17, 15) is 0 Å². The number of hydrogen-bond acceptors (Lipinski definition) is 4. The second kappa shape index (κ2) is 42.9. The Morgan fingerprint density at radius 1 is 0.234 bits per heavy atom. The lowest BCUT2D eigenvalue weighted by atomic mass is 9.69. The van der Waals surface area contributed by atoms with Crippen molar-refractivity contribution in [1.29, 1.82) is 0 Å². The van der Waals surface area contributed by atoms with E-state index in [0.717, 1.165) is 31.0 Å². The van der Waals surface area contributed by atoms with Crippen molar-refractivity contribution in [2.45, 2.75) is 339 Å². The van der Waals surface area contributed by atoms with Crippen molar-refractivity contribution in [1.82, 2.24) is 0 Å². The van der Waals surface area contributed by atoms with Gasteiger partial charge in [0.15, 0.2) is 0 Å². The molecule has 8 aromatic carbocycles. The van der Waals surface area contributed by atoms with Crippen LogP contribution in [0.3, 0.4) is 0 Å². The summed E-state index contributed by atoms with van der Waals surface area (Å²) in [5, 5.41) is 0. The van der Waals surface area contributed by atoms with Crippen LogP contribution >= 0.6 is 48.0 Å². The van der Waals surface area contributed by atoms with Gasteiger partial charge in [-0.15, -0.1) is 23.5 Å². The minimum atomic E-state index is -0.0841. The minimum absolute atomic E-state index is 0.0404. The van der Waals surface area contributed by atoms with Gasteiger partial charge in [-0.2, -0.15) is 0 Å². The maximum absolute atomic E-state index is 6.11. The van der Waals surface area contributed by atoms with Gasteiger partial charge in [0.05, 0.1) is 8.39 Å². The van der Waals surface area contributed by atoms with Gasteiger partial charge < -0.3 is 0 Å². The normalized spacial score (nSPS) is 13.9. The molecular formula is C103H134S4. The molecule has 0 unspecified atom stereocenters. The third kappa shape index (κ3) is 20.9. The topological polar surface area (TPSA) is 0 Å². The van der Waals surface area contributed by atoms with Crippen molar-refractivity contribution >= 4 is 56.4 Å². The highest BCUT2D eigenvalue weighted by Crippen LogP contribution is 2.60. The molecule has 8 aromatic rings. The molecule has 0 heterocycles. The summed E-state index contributed by atoms with van der Waals surface area (Å²) >= 11 is 15.9. The second-order valence-corrected chi connectivity index (χ2v) is 36.3. The molecule has 107 heavy (non-hydrogen) atoms. The van der Waals surface area contributed by atoms with Crippen molar-refractivity contribution in [3.05, 3.63) is 225 Å². The highest BCUT2D eigenvalue weighted by Gasteiger charge is 2.46. The number of benzene rings is 8. The molecule has 4 heteroatoms. The number of fused-ring (bicyclic) bond motifs is 9. The fourth-order valence-electron chi connectivity index (χ4n) is 19.3. The number of rotatable bonds is 50. The fourth-order valence-corrected chi connectivity index (χ4v) is 21.5. The first-order valence-corrected chi connectivity index (χ1v) is 46.8. The number of unbranched alkanes of at least 4 members (excludes halogenated alkanes) is 30. The van der Waals surface area contributed by atoms with E-state index in [0.29, 0.717) is 0 Å². The molecular weight excluding hydrogens is 1370 g/mol. The molecule has 0 atom stereocenters. The first kappa shape index (κ1) is 82.6. The molecule has 0 N–H and O–H groups in total. The Morgan fingerprint density at radius 2 is 0.439 bits per heavy atom. The molecule has 11 rings (SSSR count). The van der Waals surface area contributed by atoms with Crippen LogP contribution in [0.25, 0.3) is 55.6 Å². The standard InChI is InChI=1S/C103H134S4/c1-7-13-19-25-31-43-65-101(66-44-32-26-20-14-8-2)93-71-79(77-106-99(104)81-49-39-37-40-50-81)53-59-87(93)89-61-55-83(73-95(89)101)85-57-63-91-92-64-58-86(76-98(92)103(97(91)75-85,69-47-35-29-23-17-11-5)70-48-36-30-24-18-12-6)84-56-62-90-88-60-54-80(78-107-100(105)82-51-41-38-42-52-82)72-94(88)102(96(90)74-84,67-45-33-27-21-15-9-3)68-46-34-28-22-16-10-4/h37-42,49-64,71-76H,7-36,43-48,65-70,77-78H2,1-6H3. The molecule has 0 radical (unpaired) electrons. The van der Waals surface area contributed by atoms with Crippen LogP contribution in [-0.2, 0) is 27.8 Å². The summed E-state index contributed by atoms with van der Waals surface area (Å²) in [4.78, 5) is 0. The maximum atomic E-state index is 6.11. The summed E-state index contributed by atoms with van der Waals surface area (Å²) in [6.45, 7) is 14.2. The van der Waals surface area contributed by atoms with Crippen LogP contribution in [-0.4, -0.2) is 8.39 Å². The van der Waals surface area contributed by atoms with Crippen LogP contribution in [0.5, 0.6) is 0 Å². The molecule has 3 aliphatic carbocycles.